The highest BCUT2D eigenvalue weighted by Crippen LogP contribution is 2.45. The van der Waals surface area contributed by atoms with Crippen LogP contribution in [0.15, 0.2) is 18.2 Å². The lowest BCUT2D eigenvalue weighted by Gasteiger charge is -2.26. The molecule has 0 saturated carbocycles. The first kappa shape index (κ1) is 17.9. The topological polar surface area (TPSA) is 48.0 Å². The van der Waals surface area contributed by atoms with Gasteiger partial charge in [0.15, 0.2) is 11.5 Å². The quantitative estimate of drug-likeness (QED) is 0.647. The molecule has 0 aliphatic carbocycles. The zero-order valence-electron chi connectivity index (χ0n) is 14.0. The minimum atomic E-state index is -0.0290. The van der Waals surface area contributed by atoms with E-state index >= 15 is 0 Å². The van der Waals surface area contributed by atoms with Crippen molar-refractivity contribution in [1.29, 1.82) is 0 Å². The molecule has 0 spiro atoms. The van der Waals surface area contributed by atoms with E-state index in [4.69, 9.17) is 14.2 Å². The van der Waals surface area contributed by atoms with Gasteiger partial charge >= 0.3 is 0 Å². The van der Waals surface area contributed by atoms with Gasteiger partial charge in [-0.05, 0) is 18.9 Å². The second-order valence-electron chi connectivity index (χ2n) is 5.30. The summed E-state index contributed by atoms with van der Waals surface area (Å²) in [6, 6.07) is 5.80. The summed E-state index contributed by atoms with van der Waals surface area (Å²) in [5, 5.41) is -0.0290. The van der Waals surface area contributed by atoms with Gasteiger partial charge in [-0.25, -0.2) is 0 Å². The number of amides is 1. The fraction of sp³-hybridized carbons (Fsp3) is 0.588. The standard InChI is InChI=1S/C17H25NO4S/c1-4-10-22-11-6-9-18-15(19)12-23-17(18)13-7-5-8-14(20-2)16(13)21-3/h5,7-8,17H,4,6,9-12H2,1-3H3. The van der Waals surface area contributed by atoms with Crippen LogP contribution >= 0.6 is 11.8 Å². The number of carbonyl (C=O) groups is 1. The summed E-state index contributed by atoms with van der Waals surface area (Å²) in [7, 11) is 3.25. The molecular weight excluding hydrogens is 314 g/mol. The molecule has 6 heteroatoms. The van der Waals surface area contributed by atoms with Crippen molar-refractivity contribution in [3.8, 4) is 11.5 Å². The number of thioether (sulfide) groups is 1. The van der Waals surface area contributed by atoms with E-state index in [0.717, 1.165) is 25.0 Å². The molecule has 1 amide bonds. The first-order chi connectivity index (χ1) is 11.2. The highest BCUT2D eigenvalue weighted by atomic mass is 32.2. The van der Waals surface area contributed by atoms with Crippen LogP contribution in [0, 0.1) is 0 Å². The van der Waals surface area contributed by atoms with Crippen LogP contribution < -0.4 is 9.47 Å². The number of ether oxygens (including phenoxy) is 3. The maximum atomic E-state index is 12.2. The highest BCUT2D eigenvalue weighted by Gasteiger charge is 2.34. The zero-order chi connectivity index (χ0) is 16.7. The van der Waals surface area contributed by atoms with Crippen molar-refractivity contribution in [2.45, 2.75) is 25.1 Å². The van der Waals surface area contributed by atoms with Gasteiger partial charge in [-0.15, -0.1) is 11.8 Å². The summed E-state index contributed by atoms with van der Waals surface area (Å²) < 4.78 is 16.4. The molecule has 1 aromatic carbocycles. The van der Waals surface area contributed by atoms with Crippen LogP contribution in [0.3, 0.4) is 0 Å². The minimum Gasteiger partial charge on any atom is -0.493 e. The molecular formula is C17H25NO4S. The second kappa shape index (κ2) is 9.03. The van der Waals surface area contributed by atoms with Gasteiger partial charge in [-0.1, -0.05) is 19.1 Å². The van der Waals surface area contributed by atoms with Gasteiger partial charge in [-0.3, -0.25) is 4.79 Å². The predicted molar refractivity (Wildman–Crippen MR) is 92.2 cm³/mol. The first-order valence-corrected chi connectivity index (χ1v) is 8.97. The number of hydrogen-bond acceptors (Lipinski definition) is 5. The van der Waals surface area contributed by atoms with Crippen molar-refractivity contribution in [2.75, 3.05) is 39.7 Å². The number of methoxy groups -OCH3 is 2. The molecule has 1 aliphatic heterocycles. The van der Waals surface area contributed by atoms with Gasteiger partial charge < -0.3 is 19.1 Å². The molecule has 5 nitrogen and oxygen atoms in total. The van der Waals surface area contributed by atoms with E-state index in [9.17, 15) is 4.79 Å². The van der Waals surface area contributed by atoms with Crippen LogP contribution in [0.4, 0.5) is 0 Å². The number of para-hydroxylation sites is 1. The zero-order valence-corrected chi connectivity index (χ0v) is 14.9. The van der Waals surface area contributed by atoms with Crippen LogP contribution in [-0.2, 0) is 9.53 Å². The monoisotopic (exact) mass is 339 g/mol. The van der Waals surface area contributed by atoms with Gasteiger partial charge in [0, 0.05) is 25.3 Å². The molecule has 128 valence electrons. The van der Waals surface area contributed by atoms with E-state index in [1.54, 1.807) is 26.0 Å². The molecule has 0 bridgehead atoms. The molecule has 1 saturated heterocycles. The third-order valence-electron chi connectivity index (χ3n) is 3.70. The normalized spacial score (nSPS) is 17.6. The largest absolute Gasteiger partial charge is 0.493 e. The molecule has 23 heavy (non-hydrogen) atoms. The molecule has 1 heterocycles. The van der Waals surface area contributed by atoms with Crippen molar-refractivity contribution >= 4 is 17.7 Å². The summed E-state index contributed by atoms with van der Waals surface area (Å²) >= 11 is 1.63. The number of benzene rings is 1. The maximum Gasteiger partial charge on any atom is 0.233 e. The highest BCUT2D eigenvalue weighted by molar-refractivity contribution is 8.00. The van der Waals surface area contributed by atoms with Crippen molar-refractivity contribution in [3.63, 3.8) is 0 Å². The smallest absolute Gasteiger partial charge is 0.233 e. The third kappa shape index (κ3) is 4.32. The Morgan fingerprint density at radius 1 is 1.26 bits per heavy atom. The Hall–Kier alpha value is -1.40. The fourth-order valence-corrected chi connectivity index (χ4v) is 3.88. The molecule has 1 fully saturated rings. The molecule has 1 aliphatic rings. The number of nitrogens with zero attached hydrogens (tertiary/aromatic N) is 1. The molecule has 1 aromatic rings. The molecule has 0 N–H and O–H groups in total. The second-order valence-corrected chi connectivity index (χ2v) is 6.37. The van der Waals surface area contributed by atoms with Crippen LogP contribution in [0.2, 0.25) is 0 Å². The van der Waals surface area contributed by atoms with Gasteiger partial charge in [0.05, 0.1) is 20.0 Å². The van der Waals surface area contributed by atoms with Crippen LogP contribution in [0.5, 0.6) is 11.5 Å². The molecule has 0 aromatic heterocycles. The van der Waals surface area contributed by atoms with Crippen molar-refractivity contribution in [2.24, 2.45) is 0 Å². The Labute approximate surface area is 142 Å². The van der Waals surface area contributed by atoms with Crippen LogP contribution in [0.1, 0.15) is 30.7 Å². The lowest BCUT2D eigenvalue weighted by molar-refractivity contribution is -0.128. The summed E-state index contributed by atoms with van der Waals surface area (Å²) in [5.74, 6) is 2.06. The molecule has 1 atom stereocenters. The Bertz CT molecular complexity index is 523. The van der Waals surface area contributed by atoms with Gasteiger partial charge in [-0.2, -0.15) is 0 Å². The van der Waals surface area contributed by atoms with Crippen LogP contribution in [0.25, 0.3) is 0 Å². The number of hydrogen-bond donors (Lipinski definition) is 0. The lowest BCUT2D eigenvalue weighted by Crippen LogP contribution is -2.30. The van der Waals surface area contributed by atoms with E-state index < -0.39 is 0 Å². The Balaban J connectivity index is 2.09. The Morgan fingerprint density at radius 3 is 2.78 bits per heavy atom. The summed E-state index contributed by atoms with van der Waals surface area (Å²) in [5.41, 5.74) is 0.983. The van der Waals surface area contributed by atoms with E-state index in [2.05, 4.69) is 6.92 Å². The third-order valence-corrected chi connectivity index (χ3v) is 4.94. The average Bonchev–Trinajstić information content (AvgIpc) is 2.94. The van der Waals surface area contributed by atoms with Gasteiger partial charge in [0.25, 0.3) is 0 Å². The Morgan fingerprint density at radius 2 is 2.09 bits per heavy atom. The maximum absolute atomic E-state index is 12.2. The van der Waals surface area contributed by atoms with Crippen molar-refractivity contribution in [3.05, 3.63) is 23.8 Å². The van der Waals surface area contributed by atoms with Gasteiger partial charge in [0.2, 0.25) is 5.91 Å². The van der Waals surface area contributed by atoms with E-state index in [1.165, 1.54) is 0 Å². The van der Waals surface area contributed by atoms with Gasteiger partial charge in [0.1, 0.15) is 5.37 Å². The predicted octanol–water partition coefficient (Wildman–Crippen LogP) is 3.09. The first-order valence-electron chi connectivity index (χ1n) is 7.92. The van der Waals surface area contributed by atoms with E-state index in [1.807, 2.05) is 23.1 Å². The van der Waals surface area contributed by atoms with Crippen molar-refractivity contribution in [1.82, 2.24) is 4.90 Å². The SMILES string of the molecule is CCCOCCCN1C(=O)CSC1c1cccc(OC)c1OC. The molecule has 1 unspecified atom stereocenters. The molecule has 2 rings (SSSR count). The average molecular weight is 339 g/mol. The molecule has 0 radical (unpaired) electrons. The summed E-state index contributed by atoms with van der Waals surface area (Å²) in [6.07, 6.45) is 1.86. The Kier molecular flexibility index (Phi) is 7.05. The van der Waals surface area contributed by atoms with E-state index in [-0.39, 0.29) is 11.3 Å². The van der Waals surface area contributed by atoms with Crippen LogP contribution in [-0.4, -0.2) is 50.5 Å². The lowest BCUT2D eigenvalue weighted by atomic mass is 10.1. The minimum absolute atomic E-state index is 0.0290. The van der Waals surface area contributed by atoms with Crippen molar-refractivity contribution < 1.29 is 19.0 Å². The summed E-state index contributed by atoms with van der Waals surface area (Å²) in [6.45, 7) is 4.24. The number of rotatable bonds is 9. The van der Waals surface area contributed by atoms with E-state index in [0.29, 0.717) is 30.4 Å². The summed E-state index contributed by atoms with van der Waals surface area (Å²) in [4.78, 5) is 14.1. The fourth-order valence-electron chi connectivity index (χ4n) is 2.64. The number of carbonyl (C=O) groups excluding carboxylic acids is 1.